The van der Waals surface area contributed by atoms with Gasteiger partial charge in [0.1, 0.15) is 11.3 Å². The minimum atomic E-state index is -0.576. The van der Waals surface area contributed by atoms with E-state index in [9.17, 15) is 19.8 Å². The Labute approximate surface area is 222 Å². The summed E-state index contributed by atoms with van der Waals surface area (Å²) < 4.78 is 0.842. The first kappa shape index (κ1) is 27.4. The maximum atomic E-state index is 13.2. The van der Waals surface area contributed by atoms with E-state index in [1.54, 1.807) is 6.07 Å². The van der Waals surface area contributed by atoms with Crippen LogP contribution in [0.5, 0.6) is 5.75 Å². The van der Waals surface area contributed by atoms with Gasteiger partial charge in [0, 0.05) is 32.1 Å². The lowest BCUT2D eigenvalue weighted by atomic mass is 9.93. The molecule has 1 aromatic heterocycles. The number of unbranched alkanes of at least 4 members (excludes halogenated alkanes) is 2. The first-order chi connectivity index (χ1) is 18.0. The molecule has 3 aromatic rings. The van der Waals surface area contributed by atoms with Crippen LogP contribution >= 0.6 is 11.3 Å². The fraction of sp³-hybridized carbons (Fsp3) is 0.517. The number of phenolic OH excluding ortho intramolecular Hbond substituents is 1. The molecule has 1 atom stereocenters. The van der Waals surface area contributed by atoms with Gasteiger partial charge in [-0.3, -0.25) is 9.59 Å². The van der Waals surface area contributed by atoms with Crippen molar-refractivity contribution in [3.8, 4) is 5.75 Å². The van der Waals surface area contributed by atoms with Gasteiger partial charge < -0.3 is 25.4 Å². The van der Waals surface area contributed by atoms with Crippen LogP contribution in [-0.2, 0) is 11.2 Å². The Morgan fingerprint density at radius 3 is 2.65 bits per heavy atom. The molecule has 1 saturated carbocycles. The summed E-state index contributed by atoms with van der Waals surface area (Å²) in [5.41, 5.74) is 2.50. The second-order valence-electron chi connectivity index (χ2n) is 10.0. The molecular formula is C29H39N3O4S. The third-order valence-electron chi connectivity index (χ3n) is 7.36. The van der Waals surface area contributed by atoms with E-state index in [1.807, 2.05) is 36.4 Å². The SMILES string of the molecule is O=C(CCNC[C@@H](O)c1ccccc1)N(CCCCCc1ccc(O)c2[nH]c(=O)sc12)C1CCCCC1. The second kappa shape index (κ2) is 13.7. The smallest absolute Gasteiger partial charge is 0.305 e. The molecule has 4 rings (SSSR count). The number of nitrogens with zero attached hydrogens (tertiary/aromatic N) is 1. The average molecular weight is 526 g/mol. The first-order valence-electron chi connectivity index (χ1n) is 13.6. The van der Waals surface area contributed by atoms with Gasteiger partial charge in [-0.2, -0.15) is 0 Å². The van der Waals surface area contributed by atoms with Crippen LogP contribution in [0.25, 0.3) is 10.2 Å². The maximum absolute atomic E-state index is 13.2. The van der Waals surface area contributed by atoms with Gasteiger partial charge in [-0.25, -0.2) is 0 Å². The number of aromatic nitrogens is 1. The molecule has 1 aliphatic rings. The van der Waals surface area contributed by atoms with Gasteiger partial charge in [0.05, 0.1) is 10.8 Å². The van der Waals surface area contributed by atoms with Crippen molar-refractivity contribution in [1.82, 2.24) is 15.2 Å². The number of phenols is 1. The van der Waals surface area contributed by atoms with E-state index in [0.717, 1.165) is 72.2 Å². The maximum Gasteiger partial charge on any atom is 0.305 e. The van der Waals surface area contributed by atoms with E-state index in [-0.39, 0.29) is 16.5 Å². The Kier molecular flexibility index (Phi) is 10.2. The van der Waals surface area contributed by atoms with Crippen LogP contribution in [-0.4, -0.2) is 51.7 Å². The number of carbonyl (C=O) groups is 1. The lowest BCUT2D eigenvalue weighted by molar-refractivity contribution is -0.134. The van der Waals surface area contributed by atoms with Gasteiger partial charge in [0.25, 0.3) is 0 Å². The van der Waals surface area contributed by atoms with E-state index in [0.29, 0.717) is 31.1 Å². The van der Waals surface area contributed by atoms with Crippen molar-refractivity contribution in [2.24, 2.45) is 0 Å². The van der Waals surface area contributed by atoms with Gasteiger partial charge in [0.2, 0.25) is 5.91 Å². The molecule has 0 bridgehead atoms. The standard InChI is InChI=1S/C29H39N3O4S/c33-24-16-15-22(28-27(24)31-29(36)37-28)12-6-3-9-19-32(23-13-7-2-8-14-23)26(35)17-18-30-20-25(34)21-10-4-1-5-11-21/h1,4-5,10-11,15-16,23,25,30,33-34H,2-3,6-9,12-14,17-20H2,(H,31,36)/t25-/m1/s1. The Balaban J connectivity index is 1.23. The van der Waals surface area contributed by atoms with E-state index in [4.69, 9.17) is 0 Å². The largest absolute Gasteiger partial charge is 0.506 e. The molecule has 7 nitrogen and oxygen atoms in total. The van der Waals surface area contributed by atoms with Crippen molar-refractivity contribution < 1.29 is 15.0 Å². The number of aryl methyl sites for hydroxylation is 1. The highest BCUT2D eigenvalue weighted by atomic mass is 32.1. The fourth-order valence-corrected chi connectivity index (χ4v) is 6.22. The topological polar surface area (TPSA) is 106 Å². The van der Waals surface area contributed by atoms with Crippen LogP contribution in [0.2, 0.25) is 0 Å². The van der Waals surface area contributed by atoms with Crippen LogP contribution in [0, 0.1) is 0 Å². The molecule has 8 heteroatoms. The van der Waals surface area contributed by atoms with E-state index in [1.165, 1.54) is 19.3 Å². The second-order valence-corrected chi connectivity index (χ2v) is 11.0. The third kappa shape index (κ3) is 7.66. The lowest BCUT2D eigenvalue weighted by Gasteiger charge is -2.34. The van der Waals surface area contributed by atoms with Gasteiger partial charge in [-0.1, -0.05) is 73.4 Å². The number of rotatable bonds is 13. The van der Waals surface area contributed by atoms with Gasteiger partial charge in [-0.05, 0) is 49.3 Å². The molecule has 2 aromatic carbocycles. The lowest BCUT2D eigenvalue weighted by Crippen LogP contribution is -2.43. The summed E-state index contributed by atoms with van der Waals surface area (Å²) in [6.07, 6.45) is 9.43. The number of H-pyrrole nitrogens is 1. The first-order valence-corrected chi connectivity index (χ1v) is 14.4. The number of hydrogen-bond donors (Lipinski definition) is 4. The molecule has 37 heavy (non-hydrogen) atoms. The number of aliphatic hydroxyl groups excluding tert-OH is 1. The Morgan fingerprint density at radius 1 is 1.08 bits per heavy atom. The molecule has 0 saturated heterocycles. The van der Waals surface area contributed by atoms with Crippen LogP contribution in [0.1, 0.15) is 75.0 Å². The number of thiazole rings is 1. The number of benzene rings is 2. The zero-order valence-electron chi connectivity index (χ0n) is 21.5. The quantitative estimate of drug-likeness (QED) is 0.238. The Morgan fingerprint density at radius 2 is 1.86 bits per heavy atom. The number of fused-ring (bicyclic) bond motifs is 1. The van der Waals surface area contributed by atoms with Crippen LogP contribution in [0.3, 0.4) is 0 Å². The molecule has 1 heterocycles. The number of aliphatic hydroxyl groups is 1. The normalized spacial score (nSPS) is 15.2. The highest BCUT2D eigenvalue weighted by Gasteiger charge is 2.24. The summed E-state index contributed by atoms with van der Waals surface area (Å²) in [6.45, 7) is 1.77. The molecule has 1 fully saturated rings. The number of carbonyl (C=O) groups excluding carboxylic acids is 1. The van der Waals surface area contributed by atoms with E-state index in [2.05, 4.69) is 15.2 Å². The molecule has 1 aliphatic carbocycles. The molecule has 1 amide bonds. The molecular weight excluding hydrogens is 486 g/mol. The van der Waals surface area contributed by atoms with E-state index >= 15 is 0 Å². The fourth-order valence-electron chi connectivity index (χ4n) is 5.32. The number of aromatic amines is 1. The highest BCUT2D eigenvalue weighted by Crippen LogP contribution is 2.29. The minimum Gasteiger partial charge on any atom is -0.506 e. The molecule has 200 valence electrons. The summed E-state index contributed by atoms with van der Waals surface area (Å²) >= 11 is 1.15. The van der Waals surface area contributed by atoms with Crippen LogP contribution in [0.15, 0.2) is 47.3 Å². The van der Waals surface area contributed by atoms with Gasteiger partial charge in [-0.15, -0.1) is 0 Å². The highest BCUT2D eigenvalue weighted by molar-refractivity contribution is 7.16. The van der Waals surface area contributed by atoms with Crippen molar-refractivity contribution in [2.75, 3.05) is 19.6 Å². The van der Waals surface area contributed by atoms with Gasteiger partial charge >= 0.3 is 4.87 Å². The molecule has 0 radical (unpaired) electrons. The number of hydrogen-bond acceptors (Lipinski definition) is 6. The molecule has 4 N–H and O–H groups in total. The van der Waals surface area contributed by atoms with Crippen molar-refractivity contribution >= 4 is 27.5 Å². The number of aromatic hydroxyl groups is 1. The third-order valence-corrected chi connectivity index (χ3v) is 8.32. The zero-order valence-corrected chi connectivity index (χ0v) is 22.3. The predicted molar refractivity (Wildman–Crippen MR) is 149 cm³/mol. The predicted octanol–water partition coefficient (Wildman–Crippen LogP) is 4.88. The van der Waals surface area contributed by atoms with Crippen molar-refractivity contribution in [3.63, 3.8) is 0 Å². The Hall–Kier alpha value is -2.68. The van der Waals surface area contributed by atoms with Crippen molar-refractivity contribution in [2.45, 2.75) is 76.4 Å². The molecule has 0 spiro atoms. The van der Waals surface area contributed by atoms with Gasteiger partial charge in [0.15, 0.2) is 0 Å². The Bertz CT molecular complexity index is 1190. The summed E-state index contributed by atoms with van der Waals surface area (Å²) in [5, 5.41) is 23.6. The molecule has 0 aliphatic heterocycles. The van der Waals surface area contributed by atoms with E-state index < -0.39 is 6.10 Å². The minimum absolute atomic E-state index is 0.114. The summed E-state index contributed by atoms with van der Waals surface area (Å²) in [6, 6.07) is 13.5. The summed E-state index contributed by atoms with van der Waals surface area (Å²) in [7, 11) is 0. The number of amides is 1. The summed E-state index contributed by atoms with van der Waals surface area (Å²) in [5.74, 6) is 0.314. The van der Waals surface area contributed by atoms with Crippen molar-refractivity contribution in [1.29, 1.82) is 0 Å². The van der Waals surface area contributed by atoms with Crippen molar-refractivity contribution in [3.05, 3.63) is 63.3 Å². The monoisotopic (exact) mass is 525 g/mol. The average Bonchev–Trinajstić information content (AvgIpc) is 3.33. The van der Waals surface area contributed by atoms with Crippen LogP contribution in [0.4, 0.5) is 0 Å². The zero-order chi connectivity index (χ0) is 26.0. The van der Waals surface area contributed by atoms with Crippen LogP contribution < -0.4 is 10.2 Å². The molecule has 0 unspecified atom stereocenters. The number of nitrogens with one attached hydrogen (secondary N) is 2. The summed E-state index contributed by atoms with van der Waals surface area (Å²) in [4.78, 5) is 29.6.